The molecule has 4 heteroatoms. The van der Waals surface area contributed by atoms with Gasteiger partial charge in [-0.2, -0.15) is 0 Å². The van der Waals surface area contributed by atoms with Crippen molar-refractivity contribution in [2.45, 2.75) is 26.7 Å². The molecule has 1 saturated heterocycles. The number of hydrogen-bond donors (Lipinski definition) is 2. The zero-order chi connectivity index (χ0) is 13.0. The van der Waals surface area contributed by atoms with E-state index >= 15 is 0 Å². The first-order valence-electron chi connectivity index (χ1n) is 6.83. The number of aryl methyl sites for hydroxylation is 1. The molecule has 0 atom stereocenters. The third kappa shape index (κ3) is 3.60. The number of nitrogens with two attached hydrogens (primary N) is 1. The van der Waals surface area contributed by atoms with Crippen molar-refractivity contribution in [3.05, 3.63) is 17.8 Å². The Morgan fingerprint density at radius 3 is 2.83 bits per heavy atom. The van der Waals surface area contributed by atoms with Crippen LogP contribution in [-0.2, 0) is 0 Å². The lowest BCUT2D eigenvalue weighted by atomic mass is 9.99. The van der Waals surface area contributed by atoms with E-state index in [-0.39, 0.29) is 0 Å². The highest BCUT2D eigenvalue weighted by atomic mass is 15.1. The summed E-state index contributed by atoms with van der Waals surface area (Å²) in [6, 6.07) is 1.91. The maximum Gasteiger partial charge on any atom is 0.128 e. The smallest absolute Gasteiger partial charge is 0.128 e. The molecule has 0 bridgehead atoms. The Morgan fingerprint density at radius 1 is 1.44 bits per heavy atom. The van der Waals surface area contributed by atoms with Crippen LogP contribution in [0.1, 0.15) is 25.3 Å². The Bertz CT molecular complexity index is 383. The lowest BCUT2D eigenvalue weighted by molar-refractivity contribution is 0.199. The summed E-state index contributed by atoms with van der Waals surface area (Å²) in [4.78, 5) is 6.84. The van der Waals surface area contributed by atoms with E-state index < -0.39 is 0 Å². The summed E-state index contributed by atoms with van der Waals surface area (Å²) in [6.07, 6.45) is 4.48. The van der Waals surface area contributed by atoms with Gasteiger partial charge in [-0.3, -0.25) is 0 Å². The van der Waals surface area contributed by atoms with Crippen molar-refractivity contribution < 1.29 is 0 Å². The number of hydrogen-bond acceptors (Lipinski definition) is 4. The molecule has 0 spiro atoms. The van der Waals surface area contributed by atoms with Crippen molar-refractivity contribution in [3.8, 4) is 0 Å². The van der Waals surface area contributed by atoms with E-state index in [0.29, 0.717) is 0 Å². The SMILES string of the molecule is Cc1cnc(NCCN2CCC(C)CC2)cc1N. The van der Waals surface area contributed by atoms with Gasteiger partial charge in [0.1, 0.15) is 5.82 Å². The zero-order valence-electron chi connectivity index (χ0n) is 11.4. The summed E-state index contributed by atoms with van der Waals surface area (Å²) >= 11 is 0. The number of piperidine rings is 1. The van der Waals surface area contributed by atoms with Gasteiger partial charge >= 0.3 is 0 Å². The lowest BCUT2D eigenvalue weighted by Crippen LogP contribution is -2.36. The first kappa shape index (κ1) is 13.1. The summed E-state index contributed by atoms with van der Waals surface area (Å²) in [5, 5.41) is 3.34. The molecule has 1 aromatic rings. The van der Waals surface area contributed by atoms with Gasteiger partial charge < -0.3 is 16.0 Å². The largest absolute Gasteiger partial charge is 0.398 e. The van der Waals surface area contributed by atoms with E-state index in [1.165, 1.54) is 25.9 Å². The van der Waals surface area contributed by atoms with Gasteiger partial charge in [-0.05, 0) is 44.3 Å². The topological polar surface area (TPSA) is 54.2 Å². The number of rotatable bonds is 4. The van der Waals surface area contributed by atoms with Crippen LogP contribution in [0, 0.1) is 12.8 Å². The number of nitrogens with zero attached hydrogens (tertiary/aromatic N) is 2. The molecule has 100 valence electrons. The summed E-state index contributed by atoms with van der Waals surface area (Å²) < 4.78 is 0. The molecule has 1 fully saturated rings. The van der Waals surface area contributed by atoms with Crippen LogP contribution in [0.3, 0.4) is 0 Å². The van der Waals surface area contributed by atoms with E-state index in [9.17, 15) is 0 Å². The number of anilines is 2. The molecule has 1 aliphatic rings. The first-order chi connectivity index (χ1) is 8.65. The average Bonchev–Trinajstić information content (AvgIpc) is 2.36. The van der Waals surface area contributed by atoms with Crippen molar-refractivity contribution in [1.29, 1.82) is 0 Å². The minimum atomic E-state index is 0.805. The van der Waals surface area contributed by atoms with Gasteiger partial charge in [0, 0.05) is 31.0 Å². The summed E-state index contributed by atoms with van der Waals surface area (Å²) in [7, 11) is 0. The molecule has 2 rings (SSSR count). The Morgan fingerprint density at radius 2 is 2.17 bits per heavy atom. The first-order valence-corrected chi connectivity index (χ1v) is 6.83. The van der Waals surface area contributed by atoms with E-state index in [1.807, 2.05) is 19.2 Å². The van der Waals surface area contributed by atoms with E-state index in [0.717, 1.165) is 36.1 Å². The second kappa shape index (κ2) is 6.05. The molecule has 3 N–H and O–H groups in total. The van der Waals surface area contributed by atoms with E-state index in [1.54, 1.807) is 0 Å². The van der Waals surface area contributed by atoms with Crippen LogP contribution in [0.4, 0.5) is 11.5 Å². The molecule has 0 unspecified atom stereocenters. The van der Waals surface area contributed by atoms with Crippen molar-refractivity contribution in [2.75, 3.05) is 37.2 Å². The molecule has 4 nitrogen and oxygen atoms in total. The van der Waals surface area contributed by atoms with Crippen molar-refractivity contribution >= 4 is 11.5 Å². The Labute approximate surface area is 110 Å². The zero-order valence-corrected chi connectivity index (χ0v) is 11.4. The molecule has 18 heavy (non-hydrogen) atoms. The third-order valence-electron chi connectivity index (χ3n) is 3.76. The van der Waals surface area contributed by atoms with Gasteiger partial charge in [0.2, 0.25) is 0 Å². The molecule has 0 saturated carbocycles. The van der Waals surface area contributed by atoms with Crippen LogP contribution < -0.4 is 11.1 Å². The number of nitrogen functional groups attached to an aromatic ring is 1. The van der Waals surface area contributed by atoms with E-state index in [4.69, 9.17) is 5.73 Å². The summed E-state index contributed by atoms with van der Waals surface area (Å²) in [5.41, 5.74) is 7.70. The number of likely N-dealkylation sites (tertiary alicyclic amines) is 1. The third-order valence-corrected chi connectivity index (χ3v) is 3.76. The molecule has 0 aromatic carbocycles. The maximum atomic E-state index is 5.86. The highest BCUT2D eigenvalue weighted by molar-refractivity contribution is 5.53. The average molecular weight is 248 g/mol. The molecule has 1 aromatic heterocycles. The fourth-order valence-electron chi connectivity index (χ4n) is 2.26. The van der Waals surface area contributed by atoms with Crippen molar-refractivity contribution in [2.24, 2.45) is 5.92 Å². The van der Waals surface area contributed by atoms with Crippen LogP contribution in [0.25, 0.3) is 0 Å². The quantitative estimate of drug-likeness (QED) is 0.857. The van der Waals surface area contributed by atoms with Gasteiger partial charge in [0.15, 0.2) is 0 Å². The minimum absolute atomic E-state index is 0.805. The molecular formula is C14H24N4. The standard InChI is InChI=1S/C14H24N4/c1-11-3-6-18(7-4-11)8-5-16-14-9-13(15)12(2)10-17-14/h9-11H,3-8H2,1-2H3,(H3,15,16,17). The summed E-state index contributed by atoms with van der Waals surface area (Å²) in [6.45, 7) is 8.79. The predicted octanol–water partition coefficient (Wildman–Crippen LogP) is 2.12. The molecular weight excluding hydrogens is 224 g/mol. The highest BCUT2D eigenvalue weighted by Crippen LogP contribution is 2.16. The fraction of sp³-hybridized carbons (Fsp3) is 0.643. The fourth-order valence-corrected chi connectivity index (χ4v) is 2.26. The van der Waals surface area contributed by atoms with Crippen molar-refractivity contribution in [3.63, 3.8) is 0 Å². The van der Waals surface area contributed by atoms with Crippen LogP contribution in [0.5, 0.6) is 0 Å². The highest BCUT2D eigenvalue weighted by Gasteiger charge is 2.14. The molecule has 1 aliphatic heterocycles. The molecule has 0 amide bonds. The van der Waals surface area contributed by atoms with Gasteiger partial charge in [0.25, 0.3) is 0 Å². The molecule has 2 heterocycles. The van der Waals surface area contributed by atoms with Gasteiger partial charge in [-0.25, -0.2) is 4.98 Å². The Balaban J connectivity index is 1.73. The molecule has 0 radical (unpaired) electrons. The Kier molecular flexibility index (Phi) is 4.42. The minimum Gasteiger partial charge on any atom is -0.398 e. The number of nitrogens with one attached hydrogen (secondary N) is 1. The van der Waals surface area contributed by atoms with Gasteiger partial charge in [0.05, 0.1) is 0 Å². The normalized spacial score (nSPS) is 17.9. The second-order valence-electron chi connectivity index (χ2n) is 5.38. The van der Waals surface area contributed by atoms with Crippen molar-refractivity contribution in [1.82, 2.24) is 9.88 Å². The monoisotopic (exact) mass is 248 g/mol. The lowest BCUT2D eigenvalue weighted by Gasteiger charge is -2.30. The van der Waals surface area contributed by atoms with Crippen LogP contribution >= 0.6 is 0 Å². The summed E-state index contributed by atoms with van der Waals surface area (Å²) in [5.74, 6) is 1.77. The van der Waals surface area contributed by atoms with E-state index in [2.05, 4.69) is 22.1 Å². The maximum absolute atomic E-state index is 5.86. The second-order valence-corrected chi connectivity index (χ2v) is 5.38. The van der Waals surface area contributed by atoms with Gasteiger partial charge in [-0.1, -0.05) is 6.92 Å². The van der Waals surface area contributed by atoms with Crippen LogP contribution in [0.15, 0.2) is 12.3 Å². The van der Waals surface area contributed by atoms with Gasteiger partial charge in [-0.15, -0.1) is 0 Å². The van der Waals surface area contributed by atoms with Crippen LogP contribution in [-0.4, -0.2) is 36.1 Å². The van der Waals surface area contributed by atoms with Crippen LogP contribution in [0.2, 0.25) is 0 Å². The molecule has 0 aliphatic carbocycles. The number of pyridine rings is 1. The predicted molar refractivity (Wildman–Crippen MR) is 76.7 cm³/mol. The Hall–Kier alpha value is -1.29. The number of aromatic nitrogens is 1.